The standard InChI is InChI=1S/C11H11Cl2F2NO4S/c12-9-2-1-7(21(13,18)19)5-8(9)11(17)16-3-4-20-6-10(14)15/h1-2,5,10H,3-4,6H2,(H,16,17). The molecule has 0 saturated carbocycles. The molecule has 0 spiro atoms. The molecule has 0 aliphatic heterocycles. The monoisotopic (exact) mass is 361 g/mol. The molecule has 1 N–H and O–H groups in total. The average molecular weight is 362 g/mol. The fourth-order valence-corrected chi connectivity index (χ4v) is 2.31. The third-order valence-electron chi connectivity index (χ3n) is 2.24. The van der Waals surface area contributed by atoms with Gasteiger partial charge in [-0.3, -0.25) is 4.79 Å². The minimum absolute atomic E-state index is 0.0280. The Balaban J connectivity index is 2.66. The predicted molar refractivity (Wildman–Crippen MR) is 73.6 cm³/mol. The largest absolute Gasteiger partial charge is 0.374 e. The maximum absolute atomic E-state index is 11.8. The first-order valence-electron chi connectivity index (χ1n) is 5.60. The summed E-state index contributed by atoms with van der Waals surface area (Å²) in [6.07, 6.45) is -2.58. The number of hydrogen-bond donors (Lipinski definition) is 1. The van der Waals surface area contributed by atoms with Crippen LogP contribution in [0.1, 0.15) is 10.4 Å². The number of amides is 1. The van der Waals surface area contributed by atoms with E-state index in [1.54, 1.807) is 0 Å². The highest BCUT2D eigenvalue weighted by Gasteiger charge is 2.16. The third-order valence-corrected chi connectivity index (χ3v) is 3.92. The van der Waals surface area contributed by atoms with Crippen molar-refractivity contribution in [3.63, 3.8) is 0 Å². The zero-order chi connectivity index (χ0) is 16.0. The lowest BCUT2D eigenvalue weighted by molar-refractivity contribution is 0.0188. The van der Waals surface area contributed by atoms with Crippen LogP contribution in [0, 0.1) is 0 Å². The van der Waals surface area contributed by atoms with Gasteiger partial charge in [-0.1, -0.05) is 11.6 Å². The first kappa shape index (κ1) is 18.1. The normalized spacial score (nSPS) is 11.7. The van der Waals surface area contributed by atoms with E-state index in [4.69, 9.17) is 22.3 Å². The van der Waals surface area contributed by atoms with E-state index < -0.39 is 28.0 Å². The molecule has 1 aromatic rings. The molecule has 1 amide bonds. The third kappa shape index (κ3) is 6.13. The van der Waals surface area contributed by atoms with Gasteiger partial charge in [-0.15, -0.1) is 0 Å². The van der Waals surface area contributed by atoms with E-state index in [-0.39, 0.29) is 28.6 Å². The molecule has 0 fully saturated rings. The van der Waals surface area contributed by atoms with Crippen molar-refractivity contribution in [1.29, 1.82) is 0 Å². The molecule has 0 saturated heterocycles. The van der Waals surface area contributed by atoms with Gasteiger partial charge in [-0.05, 0) is 18.2 Å². The lowest BCUT2D eigenvalue weighted by Gasteiger charge is -2.08. The van der Waals surface area contributed by atoms with Gasteiger partial charge in [0.05, 0.1) is 22.1 Å². The SMILES string of the molecule is O=C(NCCOCC(F)F)c1cc(S(=O)(=O)Cl)ccc1Cl. The molecule has 0 atom stereocenters. The summed E-state index contributed by atoms with van der Waals surface area (Å²) in [6.45, 7) is -0.864. The van der Waals surface area contributed by atoms with Crippen molar-refractivity contribution < 1.29 is 26.7 Å². The summed E-state index contributed by atoms with van der Waals surface area (Å²) < 4.78 is 50.5. The molecular weight excluding hydrogens is 351 g/mol. The lowest BCUT2D eigenvalue weighted by Crippen LogP contribution is -2.28. The van der Waals surface area contributed by atoms with Crippen molar-refractivity contribution in [2.45, 2.75) is 11.3 Å². The first-order chi connectivity index (χ1) is 9.71. The Morgan fingerprint density at radius 1 is 1.38 bits per heavy atom. The quantitative estimate of drug-likeness (QED) is 0.597. The molecule has 21 heavy (non-hydrogen) atoms. The minimum Gasteiger partial charge on any atom is -0.374 e. The number of carbonyl (C=O) groups is 1. The Morgan fingerprint density at radius 3 is 2.62 bits per heavy atom. The van der Waals surface area contributed by atoms with Gasteiger partial charge in [0.2, 0.25) is 0 Å². The highest BCUT2D eigenvalue weighted by Crippen LogP contribution is 2.22. The molecule has 1 aromatic carbocycles. The second-order valence-corrected chi connectivity index (χ2v) is 6.77. The van der Waals surface area contributed by atoms with E-state index in [1.165, 1.54) is 6.07 Å². The molecule has 10 heteroatoms. The second-order valence-electron chi connectivity index (χ2n) is 3.80. The van der Waals surface area contributed by atoms with E-state index in [2.05, 4.69) is 10.1 Å². The van der Waals surface area contributed by atoms with Crippen LogP contribution >= 0.6 is 22.3 Å². The van der Waals surface area contributed by atoms with Crippen LogP contribution < -0.4 is 5.32 Å². The van der Waals surface area contributed by atoms with Gasteiger partial charge in [0.15, 0.2) is 0 Å². The molecule has 0 aromatic heterocycles. The molecule has 0 aliphatic rings. The van der Waals surface area contributed by atoms with Gasteiger partial charge in [0, 0.05) is 17.2 Å². The number of halogens is 4. The molecular formula is C11H11Cl2F2NO4S. The van der Waals surface area contributed by atoms with Crippen molar-refractivity contribution in [2.24, 2.45) is 0 Å². The van der Waals surface area contributed by atoms with Crippen LogP contribution in [0.25, 0.3) is 0 Å². The highest BCUT2D eigenvalue weighted by molar-refractivity contribution is 8.13. The van der Waals surface area contributed by atoms with Crippen molar-refractivity contribution >= 4 is 37.2 Å². The summed E-state index contributed by atoms with van der Waals surface area (Å²) in [5, 5.41) is 2.39. The van der Waals surface area contributed by atoms with Crippen LogP contribution in [0.3, 0.4) is 0 Å². The van der Waals surface area contributed by atoms with Crippen LogP contribution in [0.2, 0.25) is 5.02 Å². The fourth-order valence-electron chi connectivity index (χ4n) is 1.33. The molecule has 0 bridgehead atoms. The Kier molecular flexibility index (Phi) is 6.79. The number of rotatable bonds is 7. The molecule has 0 unspecified atom stereocenters. The second kappa shape index (κ2) is 7.88. The Hall–Kier alpha value is -0.960. The summed E-state index contributed by atoms with van der Waals surface area (Å²) in [7, 11) is 1.18. The van der Waals surface area contributed by atoms with E-state index in [0.717, 1.165) is 12.1 Å². The number of carbonyl (C=O) groups excluding carboxylic acids is 1. The van der Waals surface area contributed by atoms with E-state index in [9.17, 15) is 22.0 Å². The van der Waals surface area contributed by atoms with E-state index >= 15 is 0 Å². The van der Waals surface area contributed by atoms with Crippen molar-refractivity contribution in [3.8, 4) is 0 Å². The van der Waals surface area contributed by atoms with Crippen molar-refractivity contribution in [2.75, 3.05) is 19.8 Å². The molecule has 0 aliphatic carbocycles. The number of hydrogen-bond acceptors (Lipinski definition) is 4. The number of benzene rings is 1. The molecule has 118 valence electrons. The lowest BCUT2D eigenvalue weighted by atomic mass is 10.2. The fraction of sp³-hybridized carbons (Fsp3) is 0.364. The Labute approximate surface area is 129 Å². The smallest absolute Gasteiger partial charge is 0.261 e. The predicted octanol–water partition coefficient (Wildman–Crippen LogP) is 2.28. The van der Waals surface area contributed by atoms with Gasteiger partial charge in [-0.2, -0.15) is 0 Å². The van der Waals surface area contributed by atoms with Crippen LogP contribution in [-0.2, 0) is 13.8 Å². The summed E-state index contributed by atoms with van der Waals surface area (Å²) in [4.78, 5) is 11.5. The summed E-state index contributed by atoms with van der Waals surface area (Å²) in [6, 6.07) is 3.41. The topological polar surface area (TPSA) is 72.5 Å². The maximum atomic E-state index is 11.8. The first-order valence-corrected chi connectivity index (χ1v) is 8.29. The molecule has 1 rings (SSSR count). The Morgan fingerprint density at radius 2 is 2.05 bits per heavy atom. The zero-order valence-corrected chi connectivity index (χ0v) is 12.8. The summed E-state index contributed by atoms with van der Waals surface area (Å²) in [5.74, 6) is -0.664. The van der Waals surface area contributed by atoms with E-state index in [0.29, 0.717) is 0 Å². The van der Waals surface area contributed by atoms with E-state index in [1.807, 2.05) is 0 Å². The van der Waals surface area contributed by atoms with Gasteiger partial charge in [0.25, 0.3) is 21.4 Å². The average Bonchev–Trinajstić information content (AvgIpc) is 2.36. The van der Waals surface area contributed by atoms with Gasteiger partial charge >= 0.3 is 0 Å². The maximum Gasteiger partial charge on any atom is 0.261 e. The molecule has 5 nitrogen and oxygen atoms in total. The Bertz CT molecular complexity index is 610. The molecule has 0 radical (unpaired) electrons. The number of ether oxygens (including phenoxy) is 1. The van der Waals surface area contributed by atoms with Gasteiger partial charge in [0.1, 0.15) is 6.61 Å². The zero-order valence-electron chi connectivity index (χ0n) is 10.5. The summed E-state index contributed by atoms with van der Waals surface area (Å²) >= 11 is 5.79. The highest BCUT2D eigenvalue weighted by atomic mass is 35.7. The minimum atomic E-state index is -3.99. The van der Waals surface area contributed by atoms with Crippen LogP contribution in [-0.4, -0.2) is 40.5 Å². The van der Waals surface area contributed by atoms with Crippen LogP contribution in [0.4, 0.5) is 8.78 Å². The molecule has 0 heterocycles. The van der Waals surface area contributed by atoms with Crippen LogP contribution in [0.15, 0.2) is 23.1 Å². The number of alkyl halides is 2. The number of nitrogens with one attached hydrogen (secondary N) is 1. The summed E-state index contributed by atoms with van der Waals surface area (Å²) in [5.41, 5.74) is -0.0905. The van der Waals surface area contributed by atoms with Crippen molar-refractivity contribution in [3.05, 3.63) is 28.8 Å². The van der Waals surface area contributed by atoms with Crippen molar-refractivity contribution in [1.82, 2.24) is 5.32 Å². The van der Waals surface area contributed by atoms with Gasteiger partial charge in [-0.25, -0.2) is 17.2 Å². The van der Waals surface area contributed by atoms with Gasteiger partial charge < -0.3 is 10.1 Å². The van der Waals surface area contributed by atoms with Crippen LogP contribution in [0.5, 0.6) is 0 Å².